The van der Waals surface area contributed by atoms with Gasteiger partial charge in [-0.2, -0.15) is 18.3 Å². The first kappa shape index (κ1) is 16.3. The first-order valence-corrected chi connectivity index (χ1v) is 6.59. The van der Waals surface area contributed by atoms with Crippen LogP contribution in [0.25, 0.3) is 5.70 Å². The van der Waals surface area contributed by atoms with Crippen LogP contribution in [0.15, 0.2) is 42.0 Å². The maximum Gasteiger partial charge on any atom is 0.431 e. The van der Waals surface area contributed by atoms with Gasteiger partial charge in [0, 0.05) is 0 Å². The summed E-state index contributed by atoms with van der Waals surface area (Å²) in [6.45, 7) is 5.63. The zero-order valence-electron chi connectivity index (χ0n) is 11.5. The standard InChI is InChI=1S/C15H19F3N2/c1-3-4-6-11-14(15(16,17)18)20-19-12(2)13-9-7-5-8-10-13/h5,7-10,19H,2-4,6,11H2,1H3/b20-14+. The Morgan fingerprint density at radius 3 is 2.40 bits per heavy atom. The largest absolute Gasteiger partial charge is 0.431 e. The molecule has 0 aliphatic carbocycles. The number of nitrogens with one attached hydrogen (secondary N) is 1. The van der Waals surface area contributed by atoms with E-state index >= 15 is 0 Å². The van der Waals surface area contributed by atoms with E-state index in [1.165, 1.54) is 0 Å². The molecular weight excluding hydrogens is 265 g/mol. The van der Waals surface area contributed by atoms with Gasteiger partial charge < -0.3 is 0 Å². The van der Waals surface area contributed by atoms with Crippen molar-refractivity contribution in [2.45, 2.75) is 38.8 Å². The van der Waals surface area contributed by atoms with Crippen LogP contribution >= 0.6 is 0 Å². The quantitative estimate of drug-likeness (QED) is 0.436. The molecule has 1 aromatic rings. The van der Waals surface area contributed by atoms with E-state index in [1.807, 2.05) is 13.0 Å². The first-order valence-electron chi connectivity index (χ1n) is 6.59. The van der Waals surface area contributed by atoms with Gasteiger partial charge in [-0.15, -0.1) is 0 Å². The Balaban J connectivity index is 2.69. The summed E-state index contributed by atoms with van der Waals surface area (Å²) < 4.78 is 38.4. The predicted octanol–water partition coefficient (Wildman–Crippen LogP) is 4.75. The molecule has 1 N–H and O–H groups in total. The minimum atomic E-state index is -4.41. The monoisotopic (exact) mass is 284 g/mol. The molecular formula is C15H19F3N2. The highest BCUT2D eigenvalue weighted by molar-refractivity contribution is 5.89. The van der Waals surface area contributed by atoms with Gasteiger partial charge in [0.1, 0.15) is 5.71 Å². The highest BCUT2D eigenvalue weighted by atomic mass is 19.4. The zero-order chi connectivity index (χ0) is 15.0. The van der Waals surface area contributed by atoms with Crippen LogP contribution in [-0.2, 0) is 0 Å². The summed E-state index contributed by atoms with van der Waals surface area (Å²) >= 11 is 0. The molecule has 0 fully saturated rings. The van der Waals surface area contributed by atoms with Crippen LogP contribution in [-0.4, -0.2) is 11.9 Å². The van der Waals surface area contributed by atoms with Gasteiger partial charge in [-0.3, -0.25) is 5.43 Å². The summed E-state index contributed by atoms with van der Waals surface area (Å²) in [5.41, 5.74) is 2.68. The van der Waals surface area contributed by atoms with Crippen LogP contribution in [0.3, 0.4) is 0 Å². The smallest absolute Gasteiger partial charge is 0.278 e. The Bertz CT molecular complexity index is 450. The van der Waals surface area contributed by atoms with E-state index in [1.54, 1.807) is 24.3 Å². The van der Waals surface area contributed by atoms with Crippen molar-refractivity contribution in [3.8, 4) is 0 Å². The highest BCUT2D eigenvalue weighted by Gasteiger charge is 2.35. The summed E-state index contributed by atoms with van der Waals surface area (Å²) in [5.74, 6) is 0. The second-order valence-electron chi connectivity index (χ2n) is 4.47. The Hall–Kier alpha value is -1.78. The summed E-state index contributed by atoms with van der Waals surface area (Å²) in [7, 11) is 0. The van der Waals surface area contributed by atoms with E-state index in [-0.39, 0.29) is 6.42 Å². The molecule has 5 heteroatoms. The second kappa shape index (κ2) is 7.72. The van der Waals surface area contributed by atoms with Gasteiger partial charge in [0.25, 0.3) is 0 Å². The average Bonchev–Trinajstić information content (AvgIpc) is 2.42. The van der Waals surface area contributed by atoms with Gasteiger partial charge in [-0.25, -0.2) is 0 Å². The molecule has 1 aromatic carbocycles. The maximum absolute atomic E-state index is 12.8. The Morgan fingerprint density at radius 2 is 1.85 bits per heavy atom. The van der Waals surface area contributed by atoms with Crippen LogP contribution in [0.1, 0.15) is 38.2 Å². The van der Waals surface area contributed by atoms with Crippen molar-refractivity contribution in [3.63, 3.8) is 0 Å². The SMILES string of the molecule is C=C(N/N=C(\CCCCC)C(F)(F)F)c1ccccc1. The molecule has 0 saturated heterocycles. The fraction of sp³-hybridized carbons (Fsp3) is 0.400. The fourth-order valence-corrected chi connectivity index (χ4v) is 1.64. The fourth-order valence-electron chi connectivity index (χ4n) is 1.64. The van der Waals surface area contributed by atoms with Gasteiger partial charge in [-0.05, 0) is 18.4 Å². The lowest BCUT2D eigenvalue weighted by molar-refractivity contribution is -0.0609. The molecule has 0 aliphatic rings. The summed E-state index contributed by atoms with van der Waals surface area (Å²) in [6.07, 6.45) is -2.37. The minimum Gasteiger partial charge on any atom is -0.278 e. The number of hydrogen-bond donors (Lipinski definition) is 1. The van der Waals surface area contributed by atoms with Gasteiger partial charge in [0.05, 0.1) is 5.70 Å². The number of hydrazone groups is 1. The van der Waals surface area contributed by atoms with Crippen molar-refractivity contribution < 1.29 is 13.2 Å². The van der Waals surface area contributed by atoms with Crippen molar-refractivity contribution in [1.29, 1.82) is 0 Å². The molecule has 0 atom stereocenters. The third kappa shape index (κ3) is 5.47. The van der Waals surface area contributed by atoms with Gasteiger partial charge in [0.15, 0.2) is 0 Å². The number of benzene rings is 1. The van der Waals surface area contributed by atoms with Crippen molar-refractivity contribution in [1.82, 2.24) is 5.43 Å². The third-order valence-corrected chi connectivity index (χ3v) is 2.79. The topological polar surface area (TPSA) is 24.4 Å². The molecule has 2 nitrogen and oxygen atoms in total. The molecule has 1 rings (SSSR count). The number of rotatable bonds is 7. The lowest BCUT2D eigenvalue weighted by atomic mass is 10.1. The molecule has 0 radical (unpaired) electrons. The number of hydrogen-bond acceptors (Lipinski definition) is 2. The molecule has 0 amide bonds. The number of alkyl halides is 3. The average molecular weight is 284 g/mol. The number of unbranched alkanes of at least 4 members (excludes halogenated alkanes) is 2. The lowest BCUT2D eigenvalue weighted by Crippen LogP contribution is -2.25. The van der Waals surface area contributed by atoms with E-state index < -0.39 is 11.9 Å². The Morgan fingerprint density at radius 1 is 1.20 bits per heavy atom. The third-order valence-electron chi connectivity index (χ3n) is 2.79. The molecule has 0 aliphatic heterocycles. The number of nitrogens with zero attached hydrogens (tertiary/aromatic N) is 1. The van der Waals surface area contributed by atoms with Crippen LogP contribution in [0.2, 0.25) is 0 Å². The van der Waals surface area contributed by atoms with Crippen molar-refractivity contribution in [3.05, 3.63) is 42.5 Å². The molecule has 0 unspecified atom stereocenters. The maximum atomic E-state index is 12.8. The summed E-state index contributed by atoms with van der Waals surface area (Å²) in [5, 5.41) is 3.49. The predicted molar refractivity (Wildman–Crippen MR) is 76.2 cm³/mol. The summed E-state index contributed by atoms with van der Waals surface area (Å²) in [4.78, 5) is 0. The van der Waals surface area contributed by atoms with E-state index in [0.29, 0.717) is 17.7 Å². The Kier molecular flexibility index (Phi) is 6.28. The molecule has 0 heterocycles. The van der Waals surface area contributed by atoms with Crippen molar-refractivity contribution in [2.24, 2.45) is 5.10 Å². The second-order valence-corrected chi connectivity index (χ2v) is 4.47. The van der Waals surface area contributed by atoms with Crippen LogP contribution in [0.5, 0.6) is 0 Å². The van der Waals surface area contributed by atoms with E-state index in [2.05, 4.69) is 17.1 Å². The molecule has 0 aromatic heterocycles. The van der Waals surface area contributed by atoms with E-state index in [4.69, 9.17) is 0 Å². The van der Waals surface area contributed by atoms with Gasteiger partial charge >= 0.3 is 6.18 Å². The Labute approximate surface area is 117 Å². The molecule has 110 valence electrons. The number of halogens is 3. The first-order chi connectivity index (χ1) is 9.45. The van der Waals surface area contributed by atoms with Gasteiger partial charge in [0.2, 0.25) is 0 Å². The van der Waals surface area contributed by atoms with Crippen molar-refractivity contribution >= 4 is 11.4 Å². The van der Waals surface area contributed by atoms with Gasteiger partial charge in [-0.1, -0.05) is 56.7 Å². The van der Waals surface area contributed by atoms with Crippen molar-refractivity contribution in [2.75, 3.05) is 0 Å². The molecule has 20 heavy (non-hydrogen) atoms. The normalized spacial score (nSPS) is 12.3. The highest BCUT2D eigenvalue weighted by Crippen LogP contribution is 2.21. The summed E-state index contributed by atoms with van der Waals surface area (Å²) in [6, 6.07) is 8.92. The zero-order valence-corrected chi connectivity index (χ0v) is 11.5. The van der Waals surface area contributed by atoms with E-state index in [9.17, 15) is 13.2 Å². The van der Waals surface area contributed by atoms with Crippen LogP contribution < -0.4 is 5.43 Å². The van der Waals surface area contributed by atoms with Crippen LogP contribution in [0, 0.1) is 0 Å². The lowest BCUT2D eigenvalue weighted by Gasteiger charge is -2.12. The molecule has 0 bridgehead atoms. The van der Waals surface area contributed by atoms with Crippen LogP contribution in [0.4, 0.5) is 13.2 Å². The molecule has 0 spiro atoms. The minimum absolute atomic E-state index is 0.0770. The van der Waals surface area contributed by atoms with E-state index in [0.717, 1.165) is 12.8 Å². The molecule has 0 saturated carbocycles.